The third kappa shape index (κ3) is 5.63. The van der Waals surface area contributed by atoms with E-state index in [4.69, 9.17) is 39.5 Å². The first-order valence-corrected chi connectivity index (χ1v) is 12.4. The molecule has 174 valence electrons. The quantitative estimate of drug-likeness (QED) is 0.213. The number of hydrogen-bond donors (Lipinski definition) is 0. The molecule has 0 saturated carbocycles. The van der Waals surface area contributed by atoms with Crippen molar-refractivity contribution in [2.24, 2.45) is 5.10 Å². The minimum absolute atomic E-state index is 0.244. The molecule has 0 aliphatic heterocycles. The zero-order chi connectivity index (χ0) is 24.2. The first-order chi connectivity index (χ1) is 16.4. The Kier molecular flexibility index (Phi) is 7.94. The van der Waals surface area contributed by atoms with Gasteiger partial charge in [-0.3, -0.25) is 4.79 Å². The van der Waals surface area contributed by atoms with Crippen molar-refractivity contribution < 1.29 is 4.74 Å². The lowest BCUT2D eigenvalue weighted by Crippen LogP contribution is -2.22. The average molecular weight is 580 g/mol. The molecule has 1 heterocycles. The molecule has 0 N–H and O–H groups in total. The van der Waals surface area contributed by atoms with Gasteiger partial charge in [-0.25, -0.2) is 4.98 Å². The number of aryl methyl sites for hydroxylation is 1. The molecule has 0 saturated heterocycles. The maximum absolute atomic E-state index is 13.2. The van der Waals surface area contributed by atoms with Gasteiger partial charge in [-0.2, -0.15) is 9.78 Å². The monoisotopic (exact) mass is 577 g/mol. The van der Waals surface area contributed by atoms with Crippen molar-refractivity contribution >= 4 is 67.9 Å². The molecular weight excluding hydrogens is 561 g/mol. The number of nitrogens with zero attached hydrogens (tertiary/aromatic N) is 3. The van der Waals surface area contributed by atoms with Gasteiger partial charge in [0.2, 0.25) is 0 Å². The number of halogens is 4. The summed E-state index contributed by atoms with van der Waals surface area (Å²) in [5.74, 6) is 1.14. The molecule has 5 nitrogen and oxygen atoms in total. The van der Waals surface area contributed by atoms with Crippen LogP contribution in [-0.4, -0.2) is 15.9 Å². The molecule has 0 aliphatic rings. The fraction of sp³-hybridized carbons (Fsp3) is 0.160. The van der Waals surface area contributed by atoms with E-state index in [1.165, 1.54) is 4.68 Å². The highest BCUT2D eigenvalue weighted by molar-refractivity contribution is 9.10. The second-order valence-electron chi connectivity index (χ2n) is 7.52. The van der Waals surface area contributed by atoms with E-state index in [9.17, 15) is 4.79 Å². The highest BCUT2D eigenvalue weighted by Crippen LogP contribution is 2.26. The predicted octanol–water partition coefficient (Wildman–Crippen LogP) is 7.53. The SMILES string of the molecule is CCCc1nc2ccc(Br)cc2c(=O)n1N=Cc1cc(Cl)ccc1OCc1ccc(Cl)c(Cl)c1. The van der Waals surface area contributed by atoms with Crippen molar-refractivity contribution in [2.45, 2.75) is 26.4 Å². The molecule has 0 fully saturated rings. The zero-order valence-corrected chi connectivity index (χ0v) is 21.9. The molecule has 3 aromatic carbocycles. The van der Waals surface area contributed by atoms with Crippen molar-refractivity contribution in [3.8, 4) is 5.75 Å². The Labute approximate surface area is 220 Å². The van der Waals surface area contributed by atoms with E-state index in [1.54, 1.807) is 42.6 Å². The molecule has 1 aromatic heterocycles. The number of fused-ring (bicyclic) bond motifs is 1. The minimum Gasteiger partial charge on any atom is -0.488 e. The maximum Gasteiger partial charge on any atom is 0.282 e. The van der Waals surface area contributed by atoms with Gasteiger partial charge in [0.1, 0.15) is 18.2 Å². The van der Waals surface area contributed by atoms with Gasteiger partial charge in [-0.15, -0.1) is 0 Å². The molecule has 0 aliphatic carbocycles. The van der Waals surface area contributed by atoms with E-state index in [0.717, 1.165) is 16.5 Å². The summed E-state index contributed by atoms with van der Waals surface area (Å²) in [5, 5.41) is 6.42. The molecule has 4 rings (SSSR count). The summed E-state index contributed by atoms with van der Waals surface area (Å²) in [5.41, 5.74) is 1.87. The Morgan fingerprint density at radius 3 is 2.65 bits per heavy atom. The van der Waals surface area contributed by atoms with Crippen LogP contribution in [0, 0.1) is 0 Å². The molecule has 0 amide bonds. The summed E-state index contributed by atoms with van der Waals surface area (Å²) >= 11 is 21.7. The van der Waals surface area contributed by atoms with Crippen LogP contribution in [0.3, 0.4) is 0 Å². The van der Waals surface area contributed by atoms with E-state index in [1.807, 2.05) is 25.1 Å². The normalized spacial score (nSPS) is 11.4. The summed E-state index contributed by atoms with van der Waals surface area (Å²) in [7, 11) is 0. The Morgan fingerprint density at radius 1 is 1.06 bits per heavy atom. The van der Waals surface area contributed by atoms with Crippen LogP contribution < -0.4 is 10.3 Å². The summed E-state index contributed by atoms with van der Waals surface area (Å²) in [6.07, 6.45) is 2.98. The smallest absolute Gasteiger partial charge is 0.282 e. The van der Waals surface area contributed by atoms with Crippen LogP contribution in [-0.2, 0) is 13.0 Å². The fourth-order valence-electron chi connectivity index (χ4n) is 3.36. The van der Waals surface area contributed by atoms with Crippen LogP contribution in [0.5, 0.6) is 5.75 Å². The van der Waals surface area contributed by atoms with E-state index < -0.39 is 0 Å². The van der Waals surface area contributed by atoms with Crippen molar-refractivity contribution in [3.05, 3.63) is 101 Å². The molecule has 4 aromatic rings. The lowest BCUT2D eigenvalue weighted by molar-refractivity contribution is 0.306. The van der Waals surface area contributed by atoms with Crippen LogP contribution in [0.1, 0.15) is 30.3 Å². The van der Waals surface area contributed by atoms with Crippen molar-refractivity contribution in [1.29, 1.82) is 0 Å². The predicted molar refractivity (Wildman–Crippen MR) is 143 cm³/mol. The van der Waals surface area contributed by atoms with Gasteiger partial charge >= 0.3 is 0 Å². The summed E-state index contributed by atoms with van der Waals surface area (Å²) in [4.78, 5) is 17.9. The van der Waals surface area contributed by atoms with Gasteiger partial charge in [0.15, 0.2) is 0 Å². The highest BCUT2D eigenvalue weighted by atomic mass is 79.9. The minimum atomic E-state index is -0.244. The largest absolute Gasteiger partial charge is 0.488 e. The van der Waals surface area contributed by atoms with Gasteiger partial charge in [-0.1, -0.05) is 63.7 Å². The summed E-state index contributed by atoms with van der Waals surface area (Å²) in [6, 6.07) is 16.0. The number of ether oxygens (including phenoxy) is 1. The first kappa shape index (κ1) is 24.7. The summed E-state index contributed by atoms with van der Waals surface area (Å²) in [6.45, 7) is 2.30. The maximum atomic E-state index is 13.2. The molecule has 9 heteroatoms. The van der Waals surface area contributed by atoms with Gasteiger partial charge in [0, 0.05) is 21.5 Å². The van der Waals surface area contributed by atoms with Gasteiger partial charge in [0.25, 0.3) is 5.56 Å². The molecular formula is C25H19BrCl3N3O2. The summed E-state index contributed by atoms with van der Waals surface area (Å²) < 4.78 is 8.13. The number of aromatic nitrogens is 2. The third-order valence-electron chi connectivity index (χ3n) is 5.01. The second-order valence-corrected chi connectivity index (χ2v) is 9.69. The standard InChI is InChI=1S/C25H19BrCl3N3O2/c1-2-3-24-31-22-8-5-17(26)12-19(22)25(33)32(24)30-13-16-11-18(27)6-9-23(16)34-14-15-4-7-20(28)21(29)10-15/h4-13H,2-3,14H2,1H3. The molecule has 0 atom stereocenters. The molecule has 34 heavy (non-hydrogen) atoms. The lowest BCUT2D eigenvalue weighted by atomic mass is 10.2. The van der Waals surface area contributed by atoms with E-state index in [2.05, 4.69) is 26.0 Å². The van der Waals surface area contributed by atoms with E-state index in [0.29, 0.717) is 49.5 Å². The van der Waals surface area contributed by atoms with Gasteiger partial charge in [0.05, 0.1) is 27.2 Å². The topological polar surface area (TPSA) is 56.5 Å². The van der Waals surface area contributed by atoms with Gasteiger partial charge < -0.3 is 4.74 Å². The number of rotatable bonds is 7. The lowest BCUT2D eigenvalue weighted by Gasteiger charge is -2.11. The molecule has 0 bridgehead atoms. The Balaban J connectivity index is 1.70. The van der Waals surface area contributed by atoms with Crippen LogP contribution in [0.15, 0.2) is 69.0 Å². The fourth-order valence-corrected chi connectivity index (χ4v) is 4.22. The highest BCUT2D eigenvalue weighted by Gasteiger charge is 2.11. The molecule has 0 unspecified atom stereocenters. The van der Waals surface area contributed by atoms with Crippen molar-refractivity contribution in [2.75, 3.05) is 0 Å². The second kappa shape index (κ2) is 10.9. The van der Waals surface area contributed by atoms with Crippen LogP contribution in [0.2, 0.25) is 15.1 Å². The molecule has 0 spiro atoms. The Hall–Kier alpha value is -2.38. The number of hydrogen-bond acceptors (Lipinski definition) is 4. The first-order valence-electron chi connectivity index (χ1n) is 10.5. The molecule has 0 radical (unpaired) electrons. The zero-order valence-electron chi connectivity index (χ0n) is 18.1. The van der Waals surface area contributed by atoms with Crippen molar-refractivity contribution in [3.63, 3.8) is 0 Å². The van der Waals surface area contributed by atoms with Crippen molar-refractivity contribution in [1.82, 2.24) is 9.66 Å². The van der Waals surface area contributed by atoms with Crippen LogP contribution in [0.25, 0.3) is 10.9 Å². The average Bonchev–Trinajstić information content (AvgIpc) is 2.81. The van der Waals surface area contributed by atoms with E-state index in [-0.39, 0.29) is 12.2 Å². The van der Waals surface area contributed by atoms with E-state index >= 15 is 0 Å². The third-order valence-corrected chi connectivity index (χ3v) is 6.48. The van der Waals surface area contributed by atoms with Crippen LogP contribution >= 0.6 is 50.7 Å². The Bertz CT molecular complexity index is 1450. The van der Waals surface area contributed by atoms with Gasteiger partial charge in [-0.05, 0) is 60.5 Å². The van der Waals surface area contributed by atoms with Crippen LogP contribution in [0.4, 0.5) is 0 Å². The Morgan fingerprint density at radius 2 is 1.88 bits per heavy atom. The number of benzene rings is 3.